The number of fused-ring (bicyclic) bond motifs is 1. The Hall–Kier alpha value is -2.10. The van der Waals surface area contributed by atoms with Crippen LogP contribution < -0.4 is 0 Å². The van der Waals surface area contributed by atoms with Gasteiger partial charge in [0.05, 0.1) is 18.5 Å². The zero-order valence-corrected chi connectivity index (χ0v) is 16.1. The van der Waals surface area contributed by atoms with Crippen molar-refractivity contribution >= 4 is 21.8 Å². The van der Waals surface area contributed by atoms with Gasteiger partial charge in [0.15, 0.2) is 0 Å². The first-order valence-electron chi connectivity index (χ1n) is 9.37. The number of likely N-dealkylation sites (tertiary alicyclic amines) is 1. The van der Waals surface area contributed by atoms with Gasteiger partial charge in [-0.3, -0.25) is 19.4 Å². The van der Waals surface area contributed by atoms with Crippen LogP contribution in [0.3, 0.4) is 0 Å². The molecule has 0 radical (unpaired) electrons. The maximum absolute atomic E-state index is 13.9. The number of nitrogens with zero attached hydrogens (tertiary/aromatic N) is 3. The molecule has 1 aromatic carbocycles. The first-order valence-corrected chi connectivity index (χ1v) is 10.8. The summed E-state index contributed by atoms with van der Waals surface area (Å²) in [7, 11) is -3.91. The van der Waals surface area contributed by atoms with Crippen LogP contribution in [0, 0.1) is 17.7 Å². The third kappa shape index (κ3) is 3.27. The van der Waals surface area contributed by atoms with Crippen molar-refractivity contribution in [2.45, 2.75) is 17.7 Å². The second-order valence-electron chi connectivity index (χ2n) is 7.35. The molecule has 0 spiro atoms. The van der Waals surface area contributed by atoms with Crippen molar-refractivity contribution in [1.29, 1.82) is 0 Å². The van der Waals surface area contributed by atoms with E-state index in [1.54, 1.807) is 0 Å². The predicted molar refractivity (Wildman–Crippen MR) is 98.8 cm³/mol. The molecule has 150 valence electrons. The van der Waals surface area contributed by atoms with E-state index < -0.39 is 15.8 Å². The zero-order valence-electron chi connectivity index (χ0n) is 15.3. The second-order valence-corrected chi connectivity index (χ2v) is 9.26. The Bertz CT molecular complexity index is 899. The molecule has 1 aromatic rings. The second kappa shape index (κ2) is 7.38. The standard InChI is InChI=1S/C19H22FN3O4S/c20-16-7-3-4-8-17(16)28(26,27)22-11-9-21(10-12-22)13-23-18(24)14-5-1-2-6-15(14)19(23)25/h1-4,7-8,14-15H,5-6,9-13H2/t14-,15+. The van der Waals surface area contributed by atoms with E-state index in [0.29, 0.717) is 25.9 Å². The summed E-state index contributed by atoms with van der Waals surface area (Å²) in [5.41, 5.74) is 0. The Labute approximate surface area is 163 Å². The van der Waals surface area contributed by atoms with Crippen molar-refractivity contribution in [3.05, 3.63) is 42.2 Å². The summed E-state index contributed by atoms with van der Waals surface area (Å²) in [6.07, 6.45) is 5.09. The van der Waals surface area contributed by atoms with Gasteiger partial charge in [-0.1, -0.05) is 24.3 Å². The molecular formula is C19H22FN3O4S. The van der Waals surface area contributed by atoms with Crippen LogP contribution in [0.25, 0.3) is 0 Å². The monoisotopic (exact) mass is 407 g/mol. The summed E-state index contributed by atoms with van der Waals surface area (Å²) < 4.78 is 40.5. The first kappa shape index (κ1) is 19.2. The molecule has 0 N–H and O–H groups in total. The Balaban J connectivity index is 1.39. The van der Waals surface area contributed by atoms with Crippen LogP contribution >= 0.6 is 0 Å². The fraction of sp³-hybridized carbons (Fsp3) is 0.474. The van der Waals surface area contributed by atoms with Crippen molar-refractivity contribution in [3.63, 3.8) is 0 Å². The summed E-state index contributed by atoms with van der Waals surface area (Å²) in [5, 5.41) is 0. The fourth-order valence-electron chi connectivity index (χ4n) is 4.11. The predicted octanol–water partition coefficient (Wildman–Crippen LogP) is 1.04. The average molecular weight is 407 g/mol. The van der Waals surface area contributed by atoms with Gasteiger partial charge in [0, 0.05) is 26.2 Å². The Morgan fingerprint density at radius 2 is 1.50 bits per heavy atom. The fourth-order valence-corrected chi connectivity index (χ4v) is 5.60. The summed E-state index contributed by atoms with van der Waals surface area (Å²) >= 11 is 0. The van der Waals surface area contributed by atoms with E-state index in [4.69, 9.17) is 0 Å². The summed E-state index contributed by atoms with van der Waals surface area (Å²) in [5.74, 6) is -1.57. The van der Waals surface area contributed by atoms with Gasteiger partial charge in [0.2, 0.25) is 21.8 Å². The largest absolute Gasteiger partial charge is 0.283 e. The van der Waals surface area contributed by atoms with Crippen LogP contribution in [0.2, 0.25) is 0 Å². The molecule has 2 amide bonds. The van der Waals surface area contributed by atoms with Crippen LogP contribution in [0.15, 0.2) is 41.3 Å². The third-order valence-electron chi connectivity index (χ3n) is 5.73. The lowest BCUT2D eigenvalue weighted by molar-refractivity contribution is -0.142. The number of sulfonamides is 1. The van der Waals surface area contributed by atoms with Crippen LogP contribution in [0.5, 0.6) is 0 Å². The number of halogens is 1. The van der Waals surface area contributed by atoms with E-state index in [9.17, 15) is 22.4 Å². The van der Waals surface area contributed by atoms with E-state index in [0.717, 1.165) is 6.07 Å². The van der Waals surface area contributed by atoms with Crippen LogP contribution in [-0.4, -0.2) is 67.2 Å². The minimum atomic E-state index is -3.91. The molecule has 1 aliphatic carbocycles. The number of imide groups is 1. The lowest BCUT2D eigenvalue weighted by Gasteiger charge is -2.35. The topological polar surface area (TPSA) is 78.0 Å². The average Bonchev–Trinajstić information content (AvgIpc) is 2.94. The molecule has 2 atom stereocenters. The number of carbonyl (C=O) groups excluding carboxylic acids is 2. The van der Waals surface area contributed by atoms with Gasteiger partial charge in [-0.2, -0.15) is 4.31 Å². The molecule has 4 rings (SSSR count). The number of allylic oxidation sites excluding steroid dienone is 2. The smallest absolute Gasteiger partial charge is 0.246 e. The normalized spacial score (nSPS) is 26.7. The zero-order chi connectivity index (χ0) is 19.9. The number of hydrogen-bond donors (Lipinski definition) is 0. The SMILES string of the molecule is O=C1[C@H]2CC=CC[C@H]2C(=O)N1CN1CCN(S(=O)(=O)c2ccccc2F)CC1. The molecule has 3 aliphatic rings. The molecule has 2 fully saturated rings. The Morgan fingerprint density at radius 3 is 2.07 bits per heavy atom. The molecular weight excluding hydrogens is 385 g/mol. The summed E-state index contributed by atoms with van der Waals surface area (Å²) in [6.45, 7) is 1.29. The Morgan fingerprint density at radius 1 is 0.929 bits per heavy atom. The number of benzene rings is 1. The van der Waals surface area contributed by atoms with E-state index in [-0.39, 0.29) is 48.3 Å². The van der Waals surface area contributed by atoms with Gasteiger partial charge in [-0.15, -0.1) is 0 Å². The van der Waals surface area contributed by atoms with Gasteiger partial charge < -0.3 is 0 Å². The van der Waals surface area contributed by atoms with Crippen molar-refractivity contribution in [3.8, 4) is 0 Å². The van der Waals surface area contributed by atoms with Crippen molar-refractivity contribution in [1.82, 2.24) is 14.1 Å². The van der Waals surface area contributed by atoms with Crippen LogP contribution in [0.4, 0.5) is 4.39 Å². The van der Waals surface area contributed by atoms with Gasteiger partial charge >= 0.3 is 0 Å². The molecule has 2 aliphatic heterocycles. The Kier molecular flexibility index (Phi) is 5.07. The number of amides is 2. The van der Waals surface area contributed by atoms with Crippen LogP contribution in [-0.2, 0) is 19.6 Å². The molecule has 2 saturated heterocycles. The maximum Gasteiger partial charge on any atom is 0.246 e. The molecule has 0 saturated carbocycles. The molecule has 0 unspecified atom stereocenters. The highest BCUT2D eigenvalue weighted by molar-refractivity contribution is 7.89. The van der Waals surface area contributed by atoms with Gasteiger partial charge in [-0.25, -0.2) is 12.8 Å². The molecule has 7 nitrogen and oxygen atoms in total. The van der Waals surface area contributed by atoms with E-state index >= 15 is 0 Å². The highest BCUT2D eigenvalue weighted by Gasteiger charge is 2.47. The summed E-state index contributed by atoms with van der Waals surface area (Å²) in [6, 6.07) is 5.32. The molecule has 2 heterocycles. The van der Waals surface area contributed by atoms with Gasteiger partial charge in [0.1, 0.15) is 10.7 Å². The minimum Gasteiger partial charge on any atom is -0.283 e. The van der Waals surface area contributed by atoms with Crippen molar-refractivity contribution in [2.24, 2.45) is 11.8 Å². The molecule has 28 heavy (non-hydrogen) atoms. The van der Waals surface area contributed by atoms with Crippen LogP contribution in [0.1, 0.15) is 12.8 Å². The molecule has 0 aromatic heterocycles. The highest BCUT2D eigenvalue weighted by Crippen LogP contribution is 2.35. The van der Waals surface area contributed by atoms with Crippen molar-refractivity contribution < 1.29 is 22.4 Å². The highest BCUT2D eigenvalue weighted by atomic mass is 32.2. The molecule has 0 bridgehead atoms. The number of piperazine rings is 1. The minimum absolute atomic E-state index is 0.138. The number of rotatable bonds is 4. The first-order chi connectivity index (χ1) is 13.4. The lowest BCUT2D eigenvalue weighted by Crippen LogP contribution is -2.52. The van der Waals surface area contributed by atoms with Gasteiger partial charge in [-0.05, 0) is 25.0 Å². The van der Waals surface area contributed by atoms with E-state index in [1.165, 1.54) is 27.4 Å². The van der Waals surface area contributed by atoms with E-state index in [1.807, 2.05) is 17.1 Å². The van der Waals surface area contributed by atoms with Crippen molar-refractivity contribution in [2.75, 3.05) is 32.8 Å². The quantitative estimate of drug-likeness (QED) is 0.551. The number of hydrogen-bond acceptors (Lipinski definition) is 5. The van der Waals surface area contributed by atoms with E-state index in [2.05, 4.69) is 0 Å². The maximum atomic E-state index is 13.9. The number of carbonyl (C=O) groups is 2. The molecule has 9 heteroatoms. The lowest BCUT2D eigenvalue weighted by atomic mass is 9.85. The third-order valence-corrected chi connectivity index (χ3v) is 7.66. The van der Waals surface area contributed by atoms with Gasteiger partial charge in [0.25, 0.3) is 0 Å². The summed E-state index contributed by atoms with van der Waals surface area (Å²) in [4.78, 5) is 28.0.